The van der Waals surface area contributed by atoms with E-state index in [9.17, 15) is 4.79 Å². The minimum atomic E-state index is -0.943. The van der Waals surface area contributed by atoms with Crippen molar-refractivity contribution in [2.24, 2.45) is 0 Å². The normalized spacial score (nSPS) is 13.7. The largest absolute Gasteiger partial charge is 0.467 e. The van der Waals surface area contributed by atoms with Crippen LogP contribution in [0.25, 0.3) is 0 Å². The first-order valence-corrected chi connectivity index (χ1v) is 7.01. The van der Waals surface area contributed by atoms with Crippen molar-refractivity contribution in [3.63, 3.8) is 0 Å². The number of methoxy groups -OCH3 is 1. The van der Waals surface area contributed by atoms with Gasteiger partial charge in [0.25, 0.3) is 0 Å². The number of aryl methyl sites for hydroxylation is 1. The number of hydrogen-bond acceptors (Lipinski definition) is 4. The Kier molecular flexibility index (Phi) is 4.75. The molecule has 0 aliphatic heterocycles. The molecule has 1 aromatic heterocycles. The van der Waals surface area contributed by atoms with Gasteiger partial charge in [-0.15, -0.1) is 0 Å². The predicted molar refractivity (Wildman–Crippen MR) is 80.8 cm³/mol. The molecule has 0 fully saturated rings. The maximum absolute atomic E-state index is 12.5. The van der Waals surface area contributed by atoms with Crippen molar-refractivity contribution in [3.8, 4) is 0 Å². The van der Waals surface area contributed by atoms with Crippen molar-refractivity contribution in [1.82, 2.24) is 15.1 Å². The first kappa shape index (κ1) is 15.3. The summed E-state index contributed by atoms with van der Waals surface area (Å²) in [6.07, 6.45) is 1.73. The van der Waals surface area contributed by atoms with Crippen LogP contribution < -0.4 is 5.32 Å². The minimum Gasteiger partial charge on any atom is -0.467 e. The summed E-state index contributed by atoms with van der Waals surface area (Å²) >= 11 is 0. The Morgan fingerprint density at radius 2 is 2.05 bits per heavy atom. The number of carbonyl (C=O) groups excluding carboxylic acids is 1. The Morgan fingerprint density at radius 3 is 2.57 bits per heavy atom. The summed E-state index contributed by atoms with van der Waals surface area (Å²) in [6, 6.07) is 11.5. The molecule has 0 radical (unpaired) electrons. The molecule has 0 amide bonds. The van der Waals surface area contributed by atoms with Crippen molar-refractivity contribution < 1.29 is 9.53 Å². The molecule has 0 spiro atoms. The van der Waals surface area contributed by atoms with Crippen LogP contribution in [-0.4, -0.2) is 29.4 Å². The molecular weight excluding hydrogens is 266 g/mol. The lowest BCUT2D eigenvalue weighted by molar-refractivity contribution is -0.150. The number of rotatable bonds is 6. The fourth-order valence-electron chi connectivity index (χ4n) is 2.49. The van der Waals surface area contributed by atoms with Crippen molar-refractivity contribution >= 4 is 5.97 Å². The number of ether oxygens (including phenoxy) is 1. The summed E-state index contributed by atoms with van der Waals surface area (Å²) in [7, 11) is 1.41. The number of nitrogens with one attached hydrogen (secondary N) is 1. The topological polar surface area (TPSA) is 56.2 Å². The fourth-order valence-corrected chi connectivity index (χ4v) is 2.49. The third-order valence-electron chi connectivity index (χ3n) is 3.59. The first-order valence-electron chi connectivity index (χ1n) is 7.01. The van der Waals surface area contributed by atoms with Gasteiger partial charge in [0.05, 0.1) is 13.7 Å². The number of esters is 1. The monoisotopic (exact) mass is 287 g/mol. The van der Waals surface area contributed by atoms with Gasteiger partial charge < -0.3 is 4.74 Å². The Bertz CT molecular complexity index is 595. The van der Waals surface area contributed by atoms with E-state index in [1.807, 2.05) is 54.9 Å². The van der Waals surface area contributed by atoms with Crippen molar-refractivity contribution in [2.75, 3.05) is 13.7 Å². The molecule has 0 bridgehead atoms. The smallest absolute Gasteiger partial charge is 0.332 e. The van der Waals surface area contributed by atoms with Gasteiger partial charge in [-0.2, -0.15) is 5.10 Å². The Morgan fingerprint density at radius 1 is 1.33 bits per heavy atom. The molecule has 5 heteroatoms. The number of hydrogen-bond donors (Lipinski definition) is 1. The highest BCUT2D eigenvalue weighted by atomic mass is 16.5. The second kappa shape index (κ2) is 6.54. The summed E-state index contributed by atoms with van der Waals surface area (Å²) in [6.45, 7) is 4.96. The van der Waals surface area contributed by atoms with E-state index in [0.717, 1.165) is 11.3 Å². The van der Waals surface area contributed by atoms with Crippen molar-refractivity contribution in [3.05, 3.63) is 53.9 Å². The quantitative estimate of drug-likeness (QED) is 0.824. The maximum atomic E-state index is 12.5. The molecule has 5 nitrogen and oxygen atoms in total. The molecule has 2 rings (SSSR count). The number of benzene rings is 1. The molecule has 1 N–H and O–H groups in total. The summed E-state index contributed by atoms with van der Waals surface area (Å²) in [4.78, 5) is 12.5. The van der Waals surface area contributed by atoms with Crippen LogP contribution in [0.3, 0.4) is 0 Å². The first-order chi connectivity index (χ1) is 10.1. The van der Waals surface area contributed by atoms with E-state index in [1.165, 1.54) is 7.11 Å². The molecule has 2 aromatic rings. The molecule has 1 heterocycles. The van der Waals surface area contributed by atoms with E-state index in [1.54, 1.807) is 6.20 Å². The summed E-state index contributed by atoms with van der Waals surface area (Å²) in [5.41, 5.74) is 0.923. The highest BCUT2D eigenvalue weighted by Gasteiger charge is 2.41. The molecule has 1 atom stereocenters. The van der Waals surface area contributed by atoms with Gasteiger partial charge in [-0.1, -0.05) is 37.3 Å². The molecule has 0 aliphatic rings. The van der Waals surface area contributed by atoms with Crippen LogP contribution in [0, 0.1) is 6.92 Å². The molecular formula is C16H21N3O2. The van der Waals surface area contributed by atoms with Crippen LogP contribution in [0.15, 0.2) is 42.6 Å². The SMILES string of the molecule is CCNC(Cn1nccc1C)(C(=O)OC)c1ccccc1. The standard InChI is InChI=1S/C16H21N3O2/c1-4-17-16(15(20)21-3,14-8-6-5-7-9-14)12-19-13(2)10-11-18-19/h5-11,17H,4,12H2,1-3H3. The lowest BCUT2D eigenvalue weighted by Gasteiger charge is -2.32. The zero-order chi connectivity index (χ0) is 15.3. The molecule has 21 heavy (non-hydrogen) atoms. The minimum absolute atomic E-state index is 0.314. The van der Waals surface area contributed by atoms with E-state index in [0.29, 0.717) is 13.1 Å². The van der Waals surface area contributed by atoms with E-state index in [2.05, 4.69) is 10.4 Å². The van der Waals surface area contributed by atoms with Crippen LogP contribution in [0.5, 0.6) is 0 Å². The average Bonchev–Trinajstić information content (AvgIpc) is 2.91. The summed E-state index contributed by atoms with van der Waals surface area (Å²) < 4.78 is 6.88. The van der Waals surface area contributed by atoms with Gasteiger partial charge in [-0.3, -0.25) is 10.00 Å². The second-order valence-corrected chi connectivity index (χ2v) is 4.92. The predicted octanol–water partition coefficient (Wildman–Crippen LogP) is 1.87. The Balaban J connectivity index is 2.50. The maximum Gasteiger partial charge on any atom is 0.332 e. The zero-order valence-electron chi connectivity index (χ0n) is 12.7. The third-order valence-corrected chi connectivity index (χ3v) is 3.59. The molecule has 0 saturated carbocycles. The van der Waals surface area contributed by atoms with E-state index in [-0.39, 0.29) is 5.97 Å². The van der Waals surface area contributed by atoms with Crippen LogP contribution in [0.4, 0.5) is 0 Å². The fraction of sp³-hybridized carbons (Fsp3) is 0.375. The van der Waals surface area contributed by atoms with Crippen molar-refractivity contribution in [2.45, 2.75) is 25.9 Å². The van der Waals surface area contributed by atoms with Gasteiger partial charge in [0.2, 0.25) is 0 Å². The zero-order valence-corrected chi connectivity index (χ0v) is 12.7. The van der Waals surface area contributed by atoms with Crippen LogP contribution in [-0.2, 0) is 21.6 Å². The number of carbonyl (C=O) groups is 1. The molecule has 0 saturated heterocycles. The Hall–Kier alpha value is -2.14. The molecule has 112 valence electrons. The molecule has 1 aromatic carbocycles. The van der Waals surface area contributed by atoms with Gasteiger partial charge in [0, 0.05) is 11.9 Å². The molecule has 0 aliphatic carbocycles. The van der Waals surface area contributed by atoms with Crippen LogP contribution in [0.2, 0.25) is 0 Å². The highest BCUT2D eigenvalue weighted by Crippen LogP contribution is 2.25. The second-order valence-electron chi connectivity index (χ2n) is 4.92. The van der Waals surface area contributed by atoms with E-state index >= 15 is 0 Å². The molecule has 1 unspecified atom stereocenters. The summed E-state index contributed by atoms with van der Waals surface area (Å²) in [5.74, 6) is -0.314. The number of likely N-dealkylation sites (N-methyl/N-ethyl adjacent to an activating group) is 1. The lowest BCUT2D eigenvalue weighted by Crippen LogP contribution is -2.53. The Labute approximate surface area is 124 Å². The van der Waals surface area contributed by atoms with Gasteiger partial charge in [0.15, 0.2) is 5.54 Å². The van der Waals surface area contributed by atoms with Crippen molar-refractivity contribution in [1.29, 1.82) is 0 Å². The van der Waals surface area contributed by atoms with E-state index in [4.69, 9.17) is 4.74 Å². The van der Waals surface area contributed by atoms with E-state index < -0.39 is 5.54 Å². The number of aromatic nitrogens is 2. The number of nitrogens with zero attached hydrogens (tertiary/aromatic N) is 2. The van der Waals surface area contributed by atoms with Gasteiger partial charge >= 0.3 is 5.97 Å². The average molecular weight is 287 g/mol. The van der Waals surface area contributed by atoms with Gasteiger partial charge in [-0.05, 0) is 25.1 Å². The lowest BCUT2D eigenvalue weighted by atomic mass is 9.89. The van der Waals surface area contributed by atoms with Crippen LogP contribution in [0.1, 0.15) is 18.2 Å². The highest BCUT2D eigenvalue weighted by molar-refractivity contribution is 5.82. The van der Waals surface area contributed by atoms with Gasteiger partial charge in [-0.25, -0.2) is 4.79 Å². The van der Waals surface area contributed by atoms with Gasteiger partial charge in [0.1, 0.15) is 0 Å². The third kappa shape index (κ3) is 2.97. The van der Waals surface area contributed by atoms with Crippen LogP contribution >= 0.6 is 0 Å². The summed E-state index contributed by atoms with van der Waals surface area (Å²) in [5, 5.41) is 7.59.